The van der Waals surface area contributed by atoms with Crippen LogP contribution < -0.4 is 15.5 Å². The molecule has 0 saturated carbocycles. The quantitative estimate of drug-likeness (QED) is 0.506. The third kappa shape index (κ3) is 3.50. The summed E-state index contributed by atoms with van der Waals surface area (Å²) in [6.45, 7) is 5.11. The first-order chi connectivity index (χ1) is 15.4. The number of nitrogens with two attached hydrogens (primary N) is 1. The van der Waals surface area contributed by atoms with E-state index in [2.05, 4.69) is 26.8 Å². The van der Waals surface area contributed by atoms with E-state index in [0.717, 1.165) is 36.9 Å². The molecule has 0 amide bonds. The van der Waals surface area contributed by atoms with Crippen LogP contribution in [0.25, 0.3) is 22.3 Å². The number of aromatic nitrogens is 4. The Balaban J connectivity index is 1.50. The van der Waals surface area contributed by atoms with E-state index in [4.69, 9.17) is 22.3 Å². The van der Waals surface area contributed by atoms with E-state index >= 15 is 0 Å². The van der Waals surface area contributed by atoms with Gasteiger partial charge < -0.3 is 15.5 Å². The van der Waals surface area contributed by atoms with Gasteiger partial charge in [-0.15, -0.1) is 0 Å². The molecule has 1 aliphatic heterocycles. The lowest BCUT2D eigenvalue weighted by Gasteiger charge is -2.37. The van der Waals surface area contributed by atoms with Crippen molar-refractivity contribution in [3.63, 3.8) is 0 Å². The van der Waals surface area contributed by atoms with Gasteiger partial charge in [-0.25, -0.2) is 9.37 Å². The second kappa shape index (κ2) is 7.94. The largest absolute Gasteiger partial charge is 0.383 e. The summed E-state index contributed by atoms with van der Waals surface area (Å²) >= 11 is 6.21. The Hall–Kier alpha value is -3.39. The minimum absolute atomic E-state index is 0.358. The molecule has 1 aliphatic rings. The smallest absolute Gasteiger partial charge is 0.228 e. The van der Waals surface area contributed by atoms with Crippen molar-refractivity contribution in [1.82, 2.24) is 19.7 Å². The van der Waals surface area contributed by atoms with Gasteiger partial charge in [0.05, 0.1) is 11.1 Å². The van der Waals surface area contributed by atoms with Crippen LogP contribution in [0, 0.1) is 12.7 Å². The topological polar surface area (TPSA) is 76.1 Å². The van der Waals surface area contributed by atoms with Crippen molar-refractivity contribution in [2.45, 2.75) is 6.92 Å². The molecule has 0 bridgehead atoms. The van der Waals surface area contributed by atoms with E-state index in [1.807, 2.05) is 18.2 Å². The van der Waals surface area contributed by atoms with Gasteiger partial charge in [-0.3, -0.25) is 4.68 Å². The van der Waals surface area contributed by atoms with Gasteiger partial charge in [-0.1, -0.05) is 29.8 Å². The molecule has 5 rings (SSSR count). The van der Waals surface area contributed by atoms with Crippen LogP contribution in [0.2, 0.25) is 5.02 Å². The molecule has 164 valence electrons. The molecule has 0 spiro atoms. The van der Waals surface area contributed by atoms with Gasteiger partial charge in [-0.05, 0) is 36.8 Å². The van der Waals surface area contributed by atoms with E-state index in [0.29, 0.717) is 34.1 Å². The number of rotatable bonds is 3. The molecule has 32 heavy (non-hydrogen) atoms. The van der Waals surface area contributed by atoms with Gasteiger partial charge in [0.2, 0.25) is 5.95 Å². The van der Waals surface area contributed by atoms with Crippen LogP contribution in [-0.4, -0.2) is 45.9 Å². The lowest BCUT2D eigenvalue weighted by atomic mass is 10.1. The third-order valence-corrected chi connectivity index (χ3v) is 6.17. The standard InChI is InChI=1S/C23H23ClFN7/c1-14-7-8-15(24)13-18(14)31-9-11-32(12-10-31)23-27-20(16-5-3-4-6-17(16)25)19-21(26)30(2)29-22(19)28-23/h3-8,13H,9-12,26H2,1-2H3. The number of nitrogen functional groups attached to an aromatic ring is 1. The fraction of sp³-hybridized carbons (Fsp3) is 0.261. The summed E-state index contributed by atoms with van der Waals surface area (Å²) in [6.07, 6.45) is 0. The van der Waals surface area contributed by atoms with Crippen LogP contribution in [0.3, 0.4) is 0 Å². The number of hydrogen-bond donors (Lipinski definition) is 1. The Kier molecular flexibility index (Phi) is 5.09. The molecular weight excluding hydrogens is 429 g/mol. The van der Waals surface area contributed by atoms with Crippen LogP contribution >= 0.6 is 11.6 Å². The highest BCUT2D eigenvalue weighted by atomic mass is 35.5. The predicted octanol–water partition coefficient (Wildman–Crippen LogP) is 4.04. The van der Waals surface area contributed by atoms with E-state index in [9.17, 15) is 4.39 Å². The first kappa shape index (κ1) is 20.5. The second-order valence-corrected chi connectivity index (χ2v) is 8.40. The maximum Gasteiger partial charge on any atom is 0.228 e. The molecule has 0 atom stereocenters. The number of aryl methyl sites for hydroxylation is 2. The van der Waals surface area contributed by atoms with Crippen molar-refractivity contribution in [2.24, 2.45) is 7.05 Å². The molecule has 1 fully saturated rings. The van der Waals surface area contributed by atoms with Crippen molar-refractivity contribution < 1.29 is 4.39 Å². The van der Waals surface area contributed by atoms with Gasteiger partial charge in [0, 0.05) is 49.5 Å². The fourth-order valence-corrected chi connectivity index (χ4v) is 4.33. The molecule has 2 aromatic carbocycles. The zero-order chi connectivity index (χ0) is 22.4. The average molecular weight is 452 g/mol. The zero-order valence-corrected chi connectivity index (χ0v) is 18.6. The Morgan fingerprint density at radius 3 is 2.47 bits per heavy atom. The molecular formula is C23H23ClFN7. The summed E-state index contributed by atoms with van der Waals surface area (Å²) in [6, 6.07) is 12.5. The monoisotopic (exact) mass is 451 g/mol. The predicted molar refractivity (Wildman–Crippen MR) is 127 cm³/mol. The van der Waals surface area contributed by atoms with Gasteiger partial charge in [-0.2, -0.15) is 10.1 Å². The van der Waals surface area contributed by atoms with Crippen molar-refractivity contribution in [2.75, 3.05) is 41.7 Å². The second-order valence-electron chi connectivity index (χ2n) is 7.96. The molecule has 1 saturated heterocycles. The maximum absolute atomic E-state index is 14.7. The highest BCUT2D eigenvalue weighted by Crippen LogP contribution is 2.33. The fourth-order valence-electron chi connectivity index (χ4n) is 4.16. The first-order valence-electron chi connectivity index (χ1n) is 10.4. The Bertz CT molecular complexity index is 1310. The van der Waals surface area contributed by atoms with Gasteiger partial charge >= 0.3 is 0 Å². The van der Waals surface area contributed by atoms with Gasteiger partial charge in [0.25, 0.3) is 0 Å². The number of fused-ring (bicyclic) bond motifs is 1. The van der Waals surface area contributed by atoms with E-state index in [1.54, 1.807) is 29.9 Å². The number of anilines is 3. The van der Waals surface area contributed by atoms with Crippen LogP contribution in [0.1, 0.15) is 5.56 Å². The Morgan fingerprint density at radius 1 is 1.00 bits per heavy atom. The number of hydrogen-bond acceptors (Lipinski definition) is 6. The van der Waals surface area contributed by atoms with Crippen LogP contribution in [0.4, 0.5) is 21.8 Å². The van der Waals surface area contributed by atoms with E-state index < -0.39 is 0 Å². The lowest BCUT2D eigenvalue weighted by Crippen LogP contribution is -2.47. The van der Waals surface area contributed by atoms with Crippen molar-refractivity contribution >= 4 is 40.1 Å². The zero-order valence-electron chi connectivity index (χ0n) is 17.9. The number of piperazine rings is 1. The number of halogens is 2. The molecule has 2 N–H and O–H groups in total. The maximum atomic E-state index is 14.7. The summed E-state index contributed by atoms with van der Waals surface area (Å²) in [5.74, 6) is 0.574. The summed E-state index contributed by atoms with van der Waals surface area (Å²) < 4.78 is 16.2. The highest BCUT2D eigenvalue weighted by Gasteiger charge is 2.24. The molecule has 9 heteroatoms. The normalized spacial score (nSPS) is 14.4. The van der Waals surface area contributed by atoms with Crippen LogP contribution in [0.15, 0.2) is 42.5 Å². The molecule has 0 unspecified atom stereocenters. The highest BCUT2D eigenvalue weighted by molar-refractivity contribution is 6.30. The number of benzene rings is 2. The Labute approximate surface area is 190 Å². The molecule has 4 aromatic rings. The van der Waals surface area contributed by atoms with Crippen LogP contribution in [0.5, 0.6) is 0 Å². The Morgan fingerprint density at radius 2 is 1.72 bits per heavy atom. The van der Waals surface area contributed by atoms with Crippen molar-refractivity contribution in [1.29, 1.82) is 0 Å². The minimum atomic E-state index is -0.358. The van der Waals surface area contributed by atoms with Gasteiger partial charge in [0.15, 0.2) is 5.65 Å². The lowest BCUT2D eigenvalue weighted by molar-refractivity contribution is 0.629. The van der Waals surface area contributed by atoms with E-state index in [1.165, 1.54) is 11.6 Å². The minimum Gasteiger partial charge on any atom is -0.383 e. The molecule has 0 aliphatic carbocycles. The third-order valence-electron chi connectivity index (χ3n) is 5.93. The summed E-state index contributed by atoms with van der Waals surface area (Å²) in [5, 5.41) is 5.72. The molecule has 3 heterocycles. The van der Waals surface area contributed by atoms with Gasteiger partial charge in [0.1, 0.15) is 11.6 Å². The summed E-state index contributed by atoms with van der Waals surface area (Å²) in [4.78, 5) is 13.8. The van der Waals surface area contributed by atoms with Crippen LogP contribution in [-0.2, 0) is 7.05 Å². The molecule has 7 nitrogen and oxygen atoms in total. The SMILES string of the molecule is Cc1ccc(Cl)cc1N1CCN(c2nc(-c3ccccc3F)c3c(N)n(C)nc3n2)CC1. The van der Waals surface area contributed by atoms with E-state index in [-0.39, 0.29) is 5.82 Å². The average Bonchev–Trinajstić information content (AvgIpc) is 3.09. The molecule has 0 radical (unpaired) electrons. The van der Waals surface area contributed by atoms with Crippen molar-refractivity contribution in [3.8, 4) is 11.3 Å². The number of nitrogens with zero attached hydrogens (tertiary/aromatic N) is 6. The first-order valence-corrected chi connectivity index (χ1v) is 10.8. The van der Waals surface area contributed by atoms with Crippen molar-refractivity contribution in [3.05, 3.63) is 58.9 Å². The summed E-state index contributed by atoms with van der Waals surface area (Å²) in [5.41, 5.74) is 9.86. The molecule has 2 aromatic heterocycles. The summed E-state index contributed by atoms with van der Waals surface area (Å²) in [7, 11) is 1.74.